The Balaban J connectivity index is 0.00000364. The summed E-state index contributed by atoms with van der Waals surface area (Å²) in [5.74, 6) is 1.22. The van der Waals surface area contributed by atoms with Crippen LogP contribution in [0.25, 0.3) is 0 Å². The molecule has 1 saturated heterocycles. The van der Waals surface area contributed by atoms with E-state index in [9.17, 15) is 9.90 Å². The number of amides is 1. The number of nitrogens with zero attached hydrogens (tertiary/aromatic N) is 3. The summed E-state index contributed by atoms with van der Waals surface area (Å²) in [7, 11) is 0. The quantitative estimate of drug-likeness (QED) is 0.322. The third-order valence-corrected chi connectivity index (χ3v) is 4.15. The second-order valence-electron chi connectivity index (χ2n) is 6.83. The molecule has 0 radical (unpaired) electrons. The molecule has 1 aromatic rings. The number of aliphatic imine (C=N–C) groups is 1. The minimum absolute atomic E-state index is 0. The highest BCUT2D eigenvalue weighted by atomic mass is 127. The third kappa shape index (κ3) is 8.34. The van der Waals surface area contributed by atoms with Crippen LogP contribution in [0.15, 0.2) is 29.3 Å². The van der Waals surface area contributed by atoms with E-state index in [2.05, 4.69) is 27.4 Å². The van der Waals surface area contributed by atoms with Crippen molar-refractivity contribution >= 4 is 35.8 Å². The SMILES string of the molecule is CCNC(=NCc1cccc(O)c1)N1CCN(CC(=O)NC(C)C)CC1.I. The molecule has 1 aliphatic rings. The molecule has 0 unspecified atom stereocenters. The summed E-state index contributed by atoms with van der Waals surface area (Å²) < 4.78 is 0. The molecule has 152 valence electrons. The van der Waals surface area contributed by atoms with Crippen molar-refractivity contribution in [2.45, 2.75) is 33.4 Å². The monoisotopic (exact) mass is 489 g/mol. The van der Waals surface area contributed by atoms with Gasteiger partial charge < -0.3 is 20.6 Å². The molecule has 0 atom stereocenters. The molecule has 27 heavy (non-hydrogen) atoms. The van der Waals surface area contributed by atoms with Crippen LogP contribution in [-0.2, 0) is 11.3 Å². The highest BCUT2D eigenvalue weighted by molar-refractivity contribution is 14.0. The van der Waals surface area contributed by atoms with Crippen LogP contribution >= 0.6 is 24.0 Å². The summed E-state index contributed by atoms with van der Waals surface area (Å²) in [6.07, 6.45) is 0. The Morgan fingerprint density at radius 2 is 1.96 bits per heavy atom. The number of halogens is 1. The number of rotatable bonds is 6. The zero-order valence-electron chi connectivity index (χ0n) is 16.4. The van der Waals surface area contributed by atoms with Crippen molar-refractivity contribution < 1.29 is 9.90 Å². The summed E-state index contributed by atoms with van der Waals surface area (Å²) in [4.78, 5) is 21.0. The maximum atomic E-state index is 11.9. The average Bonchev–Trinajstić information content (AvgIpc) is 2.59. The lowest BCUT2D eigenvalue weighted by molar-refractivity contribution is -0.123. The molecule has 1 fully saturated rings. The second-order valence-corrected chi connectivity index (χ2v) is 6.83. The van der Waals surface area contributed by atoms with Crippen molar-refractivity contribution in [3.8, 4) is 5.75 Å². The molecule has 0 aromatic heterocycles. The van der Waals surface area contributed by atoms with Crippen molar-refractivity contribution in [1.82, 2.24) is 20.4 Å². The molecule has 1 aliphatic heterocycles. The molecular formula is C19H32IN5O2. The van der Waals surface area contributed by atoms with Gasteiger partial charge in [0.2, 0.25) is 5.91 Å². The van der Waals surface area contributed by atoms with E-state index in [0.717, 1.165) is 44.2 Å². The number of phenols is 1. The predicted octanol–water partition coefficient (Wildman–Crippen LogP) is 1.62. The fraction of sp³-hybridized carbons (Fsp3) is 0.579. The molecule has 8 heteroatoms. The first kappa shape index (κ1) is 23.5. The van der Waals surface area contributed by atoms with Gasteiger partial charge in [-0.2, -0.15) is 0 Å². The fourth-order valence-corrected chi connectivity index (χ4v) is 2.94. The number of nitrogens with one attached hydrogen (secondary N) is 2. The van der Waals surface area contributed by atoms with E-state index in [1.807, 2.05) is 26.0 Å². The van der Waals surface area contributed by atoms with E-state index in [1.54, 1.807) is 12.1 Å². The standard InChI is InChI=1S/C19H31N5O2.HI/c1-4-20-19(21-13-16-6-5-7-17(25)12-16)24-10-8-23(9-11-24)14-18(26)22-15(2)3;/h5-7,12,15,25H,4,8-11,13-14H2,1-3H3,(H,20,21)(H,22,26);1H. The Hall–Kier alpha value is -1.55. The van der Waals surface area contributed by atoms with Gasteiger partial charge in [-0.25, -0.2) is 4.99 Å². The van der Waals surface area contributed by atoms with Gasteiger partial charge in [-0.3, -0.25) is 9.69 Å². The number of benzene rings is 1. The Kier molecular flexibility index (Phi) is 10.5. The first-order valence-electron chi connectivity index (χ1n) is 9.30. The second kappa shape index (κ2) is 12.0. The van der Waals surface area contributed by atoms with Crippen LogP contribution in [0, 0.1) is 0 Å². The van der Waals surface area contributed by atoms with Crippen LogP contribution in [0.5, 0.6) is 5.75 Å². The first-order valence-corrected chi connectivity index (χ1v) is 9.30. The predicted molar refractivity (Wildman–Crippen MR) is 120 cm³/mol. The number of hydrogen-bond donors (Lipinski definition) is 3. The Bertz CT molecular complexity index is 616. The molecule has 0 saturated carbocycles. The number of phenolic OH excluding ortho intramolecular Hbond substituents is 1. The van der Waals surface area contributed by atoms with Crippen molar-refractivity contribution in [1.29, 1.82) is 0 Å². The summed E-state index contributed by atoms with van der Waals surface area (Å²) in [5, 5.41) is 15.8. The number of carbonyl (C=O) groups is 1. The van der Waals surface area contributed by atoms with Gasteiger partial charge in [-0.05, 0) is 38.5 Å². The van der Waals surface area contributed by atoms with E-state index in [0.29, 0.717) is 13.1 Å². The molecule has 0 bridgehead atoms. The van der Waals surface area contributed by atoms with Crippen LogP contribution in [0.4, 0.5) is 0 Å². The van der Waals surface area contributed by atoms with Gasteiger partial charge in [0.25, 0.3) is 0 Å². The van der Waals surface area contributed by atoms with Crippen molar-refractivity contribution in [2.24, 2.45) is 4.99 Å². The van der Waals surface area contributed by atoms with Crippen LogP contribution in [0.3, 0.4) is 0 Å². The molecular weight excluding hydrogens is 457 g/mol. The summed E-state index contributed by atoms with van der Waals surface area (Å²) in [5.41, 5.74) is 0.976. The summed E-state index contributed by atoms with van der Waals surface area (Å²) in [6, 6.07) is 7.35. The zero-order chi connectivity index (χ0) is 18.9. The molecule has 2 rings (SSSR count). The third-order valence-electron chi connectivity index (χ3n) is 4.15. The number of guanidine groups is 1. The summed E-state index contributed by atoms with van der Waals surface area (Å²) in [6.45, 7) is 11.1. The lowest BCUT2D eigenvalue weighted by atomic mass is 10.2. The van der Waals surface area contributed by atoms with Crippen molar-refractivity contribution in [3.63, 3.8) is 0 Å². The van der Waals surface area contributed by atoms with Gasteiger partial charge in [0.05, 0.1) is 13.1 Å². The van der Waals surface area contributed by atoms with Crippen LogP contribution in [0.1, 0.15) is 26.3 Å². The van der Waals surface area contributed by atoms with Crippen LogP contribution in [-0.4, -0.2) is 72.1 Å². The van der Waals surface area contributed by atoms with Gasteiger partial charge in [0.1, 0.15) is 5.75 Å². The minimum atomic E-state index is 0. The van der Waals surface area contributed by atoms with Gasteiger partial charge >= 0.3 is 0 Å². The molecule has 3 N–H and O–H groups in total. The Morgan fingerprint density at radius 3 is 2.56 bits per heavy atom. The highest BCUT2D eigenvalue weighted by Crippen LogP contribution is 2.12. The lowest BCUT2D eigenvalue weighted by Gasteiger charge is -2.36. The van der Waals surface area contributed by atoms with E-state index in [-0.39, 0.29) is 41.7 Å². The number of carbonyl (C=O) groups excluding carboxylic acids is 1. The fourth-order valence-electron chi connectivity index (χ4n) is 2.94. The van der Waals surface area contributed by atoms with Crippen molar-refractivity contribution in [2.75, 3.05) is 39.3 Å². The molecule has 1 amide bonds. The number of hydrogen-bond acceptors (Lipinski definition) is 4. The topological polar surface area (TPSA) is 80.2 Å². The molecule has 0 aliphatic carbocycles. The number of piperazine rings is 1. The first-order chi connectivity index (χ1) is 12.5. The maximum Gasteiger partial charge on any atom is 0.234 e. The molecule has 0 spiro atoms. The normalized spacial score (nSPS) is 15.4. The van der Waals surface area contributed by atoms with E-state index in [4.69, 9.17) is 4.99 Å². The largest absolute Gasteiger partial charge is 0.508 e. The van der Waals surface area contributed by atoms with Gasteiger partial charge in [0, 0.05) is 38.8 Å². The van der Waals surface area contributed by atoms with E-state index >= 15 is 0 Å². The maximum absolute atomic E-state index is 11.9. The van der Waals surface area contributed by atoms with Crippen LogP contribution < -0.4 is 10.6 Å². The Morgan fingerprint density at radius 1 is 1.26 bits per heavy atom. The molecule has 1 heterocycles. The van der Waals surface area contributed by atoms with E-state index < -0.39 is 0 Å². The smallest absolute Gasteiger partial charge is 0.234 e. The van der Waals surface area contributed by atoms with Crippen LogP contribution in [0.2, 0.25) is 0 Å². The summed E-state index contributed by atoms with van der Waals surface area (Å²) >= 11 is 0. The zero-order valence-corrected chi connectivity index (χ0v) is 18.8. The van der Waals surface area contributed by atoms with Crippen molar-refractivity contribution in [3.05, 3.63) is 29.8 Å². The van der Waals surface area contributed by atoms with Gasteiger partial charge in [-0.15, -0.1) is 24.0 Å². The lowest BCUT2D eigenvalue weighted by Crippen LogP contribution is -2.54. The molecule has 7 nitrogen and oxygen atoms in total. The molecule has 1 aromatic carbocycles. The van der Waals surface area contributed by atoms with Gasteiger partial charge in [-0.1, -0.05) is 12.1 Å². The average molecular weight is 489 g/mol. The highest BCUT2D eigenvalue weighted by Gasteiger charge is 2.21. The number of aromatic hydroxyl groups is 1. The Labute approximate surface area is 179 Å². The van der Waals surface area contributed by atoms with E-state index in [1.165, 1.54) is 0 Å². The minimum Gasteiger partial charge on any atom is -0.508 e. The van der Waals surface area contributed by atoms with Gasteiger partial charge in [0.15, 0.2) is 5.96 Å².